The molecule has 2 amide bonds. The van der Waals surface area contributed by atoms with E-state index >= 15 is 0 Å². The third-order valence-corrected chi connectivity index (χ3v) is 7.59. The van der Waals surface area contributed by atoms with E-state index in [2.05, 4.69) is 11.4 Å². The van der Waals surface area contributed by atoms with Crippen molar-refractivity contribution in [3.05, 3.63) is 54.1 Å². The molecule has 8 nitrogen and oxygen atoms in total. The second kappa shape index (κ2) is 10.5. The summed E-state index contributed by atoms with van der Waals surface area (Å²) >= 11 is 0. The fourth-order valence-corrected chi connectivity index (χ4v) is 4.80. The van der Waals surface area contributed by atoms with Crippen LogP contribution >= 0.6 is 0 Å². The molecule has 0 aromatic heterocycles. The van der Waals surface area contributed by atoms with Gasteiger partial charge in [-0.3, -0.25) is 9.69 Å². The van der Waals surface area contributed by atoms with E-state index in [0.717, 1.165) is 34.4 Å². The molecule has 1 aliphatic heterocycles. The first kappa shape index (κ1) is 24.3. The molecule has 9 heteroatoms. The Morgan fingerprint density at radius 3 is 2.27 bits per heavy atom. The summed E-state index contributed by atoms with van der Waals surface area (Å²) in [7, 11) is -3.25. The van der Waals surface area contributed by atoms with Crippen LogP contribution in [0.5, 0.6) is 0 Å². The number of piperidine rings is 1. The number of benzene rings is 2. The highest BCUT2D eigenvalue weighted by Gasteiger charge is 2.33. The Hall–Kier alpha value is -3.38. The van der Waals surface area contributed by atoms with Crippen molar-refractivity contribution in [2.75, 3.05) is 12.3 Å². The second-order valence-corrected chi connectivity index (χ2v) is 10.3. The molecule has 0 spiro atoms. The molecule has 1 unspecified atom stereocenters. The summed E-state index contributed by atoms with van der Waals surface area (Å²) in [4.78, 5) is 25.4. The van der Waals surface area contributed by atoms with Gasteiger partial charge in [-0.2, -0.15) is 5.26 Å². The zero-order valence-electron chi connectivity index (χ0n) is 18.4. The van der Waals surface area contributed by atoms with Gasteiger partial charge in [-0.1, -0.05) is 43.3 Å². The first-order valence-corrected chi connectivity index (χ1v) is 12.5. The van der Waals surface area contributed by atoms with E-state index < -0.39 is 33.9 Å². The minimum absolute atomic E-state index is 0.0483. The molecule has 0 saturated carbocycles. The van der Waals surface area contributed by atoms with Crippen LogP contribution in [-0.2, 0) is 21.1 Å². The normalized spacial score (nSPS) is 17.1. The SMILES string of the molecule is CCS(=O)(=O)c1ccc(-c2ccc(C[C@@H](C#N)NC(=O)C3CCCCN3C(=O)O)cc2)cc1. The number of amides is 2. The van der Waals surface area contributed by atoms with Crippen molar-refractivity contribution in [1.82, 2.24) is 10.2 Å². The second-order valence-electron chi connectivity index (χ2n) is 8.01. The average Bonchev–Trinajstić information content (AvgIpc) is 2.84. The summed E-state index contributed by atoms with van der Waals surface area (Å²) in [5.74, 6) is -0.394. The molecular formula is C24H27N3O5S. The van der Waals surface area contributed by atoms with Gasteiger partial charge in [-0.05, 0) is 48.1 Å². The van der Waals surface area contributed by atoms with Gasteiger partial charge in [0.1, 0.15) is 12.1 Å². The standard InChI is InChI=1S/C24H27N3O5S/c1-2-33(31,32)21-12-10-19(11-13-21)18-8-6-17(7-9-18)15-20(16-25)26-23(28)22-5-3-4-14-27(22)24(29)30/h6-13,20,22H,2-5,14-15H2,1H3,(H,26,28)(H,29,30)/t20-,22?/m0/s1. The Morgan fingerprint density at radius 2 is 1.73 bits per heavy atom. The number of hydrogen-bond acceptors (Lipinski definition) is 5. The van der Waals surface area contributed by atoms with Crippen molar-refractivity contribution in [2.45, 2.75) is 49.6 Å². The molecule has 3 rings (SSSR count). The highest BCUT2D eigenvalue weighted by atomic mass is 32.2. The molecule has 2 aromatic rings. The molecule has 1 heterocycles. The number of hydrogen-bond donors (Lipinski definition) is 2. The lowest BCUT2D eigenvalue weighted by Crippen LogP contribution is -2.53. The number of carbonyl (C=O) groups excluding carboxylic acids is 1. The van der Waals surface area contributed by atoms with E-state index in [-0.39, 0.29) is 17.1 Å². The van der Waals surface area contributed by atoms with Gasteiger partial charge in [0.05, 0.1) is 16.7 Å². The molecule has 1 fully saturated rings. The summed E-state index contributed by atoms with van der Waals surface area (Å²) in [5, 5.41) is 21.5. The van der Waals surface area contributed by atoms with Crippen LogP contribution in [0.3, 0.4) is 0 Å². The van der Waals surface area contributed by atoms with E-state index in [0.29, 0.717) is 13.0 Å². The largest absolute Gasteiger partial charge is 0.465 e. The molecule has 2 aromatic carbocycles. The first-order chi connectivity index (χ1) is 15.7. The highest BCUT2D eigenvalue weighted by Crippen LogP contribution is 2.23. The number of carbonyl (C=O) groups is 2. The molecule has 0 bridgehead atoms. The molecule has 1 saturated heterocycles. The lowest BCUT2D eigenvalue weighted by atomic mass is 9.99. The molecule has 33 heavy (non-hydrogen) atoms. The van der Waals surface area contributed by atoms with E-state index in [1.54, 1.807) is 31.2 Å². The predicted octanol–water partition coefficient (Wildman–Crippen LogP) is 3.23. The minimum atomic E-state index is -3.25. The van der Waals surface area contributed by atoms with Crippen LogP contribution < -0.4 is 5.32 Å². The summed E-state index contributed by atoms with van der Waals surface area (Å²) in [5.41, 5.74) is 2.61. The number of nitrogens with one attached hydrogen (secondary N) is 1. The Kier molecular flexibility index (Phi) is 7.71. The van der Waals surface area contributed by atoms with Crippen molar-refractivity contribution in [2.24, 2.45) is 0 Å². The van der Waals surface area contributed by atoms with Crippen molar-refractivity contribution < 1.29 is 23.1 Å². The quantitative estimate of drug-likeness (QED) is 0.641. The van der Waals surface area contributed by atoms with E-state index in [1.807, 2.05) is 24.3 Å². The highest BCUT2D eigenvalue weighted by molar-refractivity contribution is 7.91. The number of nitriles is 1. The van der Waals surface area contributed by atoms with Crippen LogP contribution in [0.2, 0.25) is 0 Å². The third-order valence-electron chi connectivity index (χ3n) is 5.84. The van der Waals surface area contributed by atoms with E-state index in [4.69, 9.17) is 0 Å². The van der Waals surface area contributed by atoms with Gasteiger partial charge in [-0.25, -0.2) is 13.2 Å². The molecule has 1 aliphatic rings. The average molecular weight is 470 g/mol. The molecule has 0 aliphatic carbocycles. The smallest absolute Gasteiger partial charge is 0.407 e. The summed E-state index contributed by atoms with van der Waals surface area (Å²) in [6.45, 7) is 1.92. The maximum Gasteiger partial charge on any atom is 0.407 e. The maximum absolute atomic E-state index is 12.6. The Bertz CT molecular complexity index is 1140. The summed E-state index contributed by atoms with van der Waals surface area (Å²) in [6.07, 6.45) is 1.10. The van der Waals surface area contributed by atoms with Gasteiger partial charge in [0.25, 0.3) is 0 Å². The monoisotopic (exact) mass is 469 g/mol. The minimum Gasteiger partial charge on any atom is -0.465 e. The molecule has 0 radical (unpaired) electrons. The van der Waals surface area contributed by atoms with Gasteiger partial charge >= 0.3 is 6.09 Å². The fourth-order valence-electron chi connectivity index (χ4n) is 3.92. The van der Waals surface area contributed by atoms with Gasteiger partial charge < -0.3 is 10.4 Å². The maximum atomic E-state index is 12.6. The van der Waals surface area contributed by atoms with Crippen LogP contribution in [-0.4, -0.2) is 54.8 Å². The van der Waals surface area contributed by atoms with Gasteiger partial charge in [0, 0.05) is 13.0 Å². The lowest BCUT2D eigenvalue weighted by molar-refractivity contribution is -0.127. The van der Waals surface area contributed by atoms with E-state index in [1.165, 1.54) is 0 Å². The number of likely N-dealkylation sites (tertiary alicyclic amines) is 1. The van der Waals surface area contributed by atoms with Crippen molar-refractivity contribution in [1.29, 1.82) is 5.26 Å². The molecular weight excluding hydrogens is 442 g/mol. The number of sulfone groups is 1. The van der Waals surface area contributed by atoms with Crippen molar-refractivity contribution in [3.8, 4) is 17.2 Å². The number of carboxylic acid groups (broad SMARTS) is 1. The number of rotatable bonds is 7. The molecule has 2 atom stereocenters. The lowest BCUT2D eigenvalue weighted by Gasteiger charge is -2.32. The summed E-state index contributed by atoms with van der Waals surface area (Å²) in [6, 6.07) is 14.7. The molecule has 2 N–H and O–H groups in total. The van der Waals surface area contributed by atoms with Gasteiger partial charge in [0.15, 0.2) is 9.84 Å². The summed E-state index contributed by atoms with van der Waals surface area (Å²) < 4.78 is 23.9. The van der Waals surface area contributed by atoms with Crippen LogP contribution in [0, 0.1) is 11.3 Å². The third kappa shape index (κ3) is 5.90. The van der Waals surface area contributed by atoms with Crippen LogP contribution in [0.1, 0.15) is 31.7 Å². The van der Waals surface area contributed by atoms with Crippen molar-refractivity contribution >= 4 is 21.8 Å². The Labute approximate surface area is 193 Å². The topological polar surface area (TPSA) is 128 Å². The Balaban J connectivity index is 1.65. The van der Waals surface area contributed by atoms with Crippen LogP contribution in [0.4, 0.5) is 4.79 Å². The number of nitrogens with zero attached hydrogens (tertiary/aromatic N) is 2. The van der Waals surface area contributed by atoms with Crippen LogP contribution in [0.25, 0.3) is 11.1 Å². The fraction of sp³-hybridized carbons (Fsp3) is 0.375. The van der Waals surface area contributed by atoms with Gasteiger partial charge in [0.2, 0.25) is 5.91 Å². The van der Waals surface area contributed by atoms with E-state index in [9.17, 15) is 28.4 Å². The Morgan fingerprint density at radius 1 is 1.12 bits per heavy atom. The zero-order chi connectivity index (χ0) is 24.0. The molecule has 174 valence electrons. The predicted molar refractivity (Wildman–Crippen MR) is 123 cm³/mol. The first-order valence-electron chi connectivity index (χ1n) is 10.9. The van der Waals surface area contributed by atoms with Gasteiger partial charge in [-0.15, -0.1) is 0 Å². The van der Waals surface area contributed by atoms with Crippen molar-refractivity contribution in [3.63, 3.8) is 0 Å². The zero-order valence-corrected chi connectivity index (χ0v) is 19.2. The van der Waals surface area contributed by atoms with Crippen LogP contribution in [0.15, 0.2) is 53.4 Å².